The highest BCUT2D eigenvalue weighted by molar-refractivity contribution is 8.16. The topological polar surface area (TPSA) is 66.8 Å². The van der Waals surface area contributed by atoms with Crippen molar-refractivity contribution < 1.29 is 26.4 Å². The summed E-state index contributed by atoms with van der Waals surface area (Å²) in [4.78, 5) is 17.9. The molecule has 2 atom stereocenters. The van der Waals surface area contributed by atoms with E-state index in [9.17, 15) is 26.4 Å². The number of benzene rings is 2. The van der Waals surface area contributed by atoms with Gasteiger partial charge in [0.2, 0.25) is 0 Å². The summed E-state index contributed by atoms with van der Waals surface area (Å²) in [5, 5.41) is -0.0471. The summed E-state index contributed by atoms with van der Waals surface area (Å²) in [6.07, 6.45) is -4.77. The second-order valence-electron chi connectivity index (χ2n) is 7.24. The molecule has 31 heavy (non-hydrogen) atoms. The Balaban J connectivity index is 1.73. The number of anilines is 1. The average molecular weight is 489 g/mol. The molecule has 1 amide bonds. The van der Waals surface area contributed by atoms with Gasteiger partial charge in [-0.25, -0.2) is 8.42 Å². The molecule has 0 aliphatic carbocycles. The number of hydrogen-bond donors (Lipinski definition) is 0. The second-order valence-corrected chi connectivity index (χ2v) is 11.0. The van der Waals surface area contributed by atoms with Crippen LogP contribution in [0.2, 0.25) is 5.02 Å². The molecule has 2 heterocycles. The average Bonchev–Trinajstić information content (AvgIpc) is 3.13. The normalized spacial score (nSPS) is 23.9. The van der Waals surface area contributed by atoms with Crippen molar-refractivity contribution in [3.63, 3.8) is 0 Å². The highest BCUT2D eigenvalue weighted by Gasteiger charge is 2.51. The third kappa shape index (κ3) is 4.61. The van der Waals surface area contributed by atoms with E-state index in [1.54, 1.807) is 24.3 Å². The number of amidine groups is 1. The summed E-state index contributed by atoms with van der Waals surface area (Å²) < 4.78 is 65.2. The number of alkyl halides is 3. The minimum absolute atomic E-state index is 0.0682. The van der Waals surface area contributed by atoms with Crippen molar-refractivity contribution in [2.45, 2.75) is 23.9 Å². The van der Waals surface area contributed by atoms with Gasteiger partial charge in [-0.15, -0.1) is 0 Å². The Morgan fingerprint density at radius 3 is 2.52 bits per heavy atom. The molecule has 2 aliphatic heterocycles. The highest BCUT2D eigenvalue weighted by atomic mass is 35.5. The highest BCUT2D eigenvalue weighted by Crippen LogP contribution is 2.45. The monoisotopic (exact) mass is 488 g/mol. The van der Waals surface area contributed by atoms with Gasteiger partial charge < -0.3 is 4.90 Å². The quantitative estimate of drug-likeness (QED) is 0.647. The lowest BCUT2D eigenvalue weighted by molar-refractivity contribution is -0.137. The number of rotatable bonds is 3. The van der Waals surface area contributed by atoms with Crippen molar-refractivity contribution in [3.8, 4) is 0 Å². The van der Waals surface area contributed by atoms with Gasteiger partial charge in [0.25, 0.3) is 5.91 Å². The molecule has 0 unspecified atom stereocenters. The van der Waals surface area contributed by atoms with Crippen LogP contribution in [0.1, 0.15) is 11.1 Å². The van der Waals surface area contributed by atoms with E-state index in [-0.39, 0.29) is 28.8 Å². The van der Waals surface area contributed by atoms with Gasteiger partial charge in [0.15, 0.2) is 15.0 Å². The number of aliphatic imine (C=N–C) groups is 1. The third-order valence-corrected chi connectivity index (χ3v) is 8.63. The molecule has 2 fully saturated rings. The number of carbonyl (C=O) groups is 1. The molecule has 0 aromatic heterocycles. The maximum Gasteiger partial charge on any atom is 0.418 e. The van der Waals surface area contributed by atoms with E-state index < -0.39 is 38.8 Å². The van der Waals surface area contributed by atoms with E-state index in [2.05, 4.69) is 4.99 Å². The van der Waals surface area contributed by atoms with Crippen molar-refractivity contribution in [2.75, 3.05) is 16.4 Å². The zero-order chi connectivity index (χ0) is 22.4. The number of hydrogen-bond acceptors (Lipinski definition) is 4. The first-order valence-corrected chi connectivity index (χ1v) is 12.3. The van der Waals surface area contributed by atoms with Crippen LogP contribution in [-0.4, -0.2) is 42.3 Å². The lowest BCUT2D eigenvalue weighted by Crippen LogP contribution is -2.39. The molecule has 2 aromatic rings. The van der Waals surface area contributed by atoms with Crippen LogP contribution in [0.25, 0.3) is 0 Å². The van der Waals surface area contributed by atoms with Gasteiger partial charge >= 0.3 is 6.18 Å². The molecule has 0 saturated carbocycles. The number of nitrogens with zero attached hydrogens (tertiary/aromatic N) is 2. The molecule has 0 N–H and O–H groups in total. The number of sulfone groups is 1. The Labute approximate surface area is 186 Å². The minimum Gasteiger partial charge on any atom is -0.315 e. The van der Waals surface area contributed by atoms with Gasteiger partial charge in [-0.2, -0.15) is 18.2 Å². The van der Waals surface area contributed by atoms with Gasteiger partial charge in [-0.3, -0.25) is 4.79 Å². The van der Waals surface area contributed by atoms with Crippen molar-refractivity contribution in [1.29, 1.82) is 0 Å². The molecule has 2 aliphatic rings. The van der Waals surface area contributed by atoms with E-state index in [1.807, 2.05) is 0 Å². The summed E-state index contributed by atoms with van der Waals surface area (Å²) in [5.74, 6) is -1.05. The summed E-state index contributed by atoms with van der Waals surface area (Å²) in [7, 11) is -3.40. The van der Waals surface area contributed by atoms with Crippen LogP contribution in [0.5, 0.6) is 0 Å². The van der Waals surface area contributed by atoms with Crippen LogP contribution in [0.3, 0.4) is 0 Å². The Morgan fingerprint density at radius 2 is 1.81 bits per heavy atom. The molecule has 0 bridgehead atoms. The van der Waals surface area contributed by atoms with Gasteiger partial charge in [-0.05, 0) is 23.8 Å². The summed E-state index contributed by atoms with van der Waals surface area (Å²) in [6, 6.07) is 10.9. The summed E-state index contributed by atoms with van der Waals surface area (Å²) in [5.41, 5.74) is -0.574. The van der Waals surface area contributed by atoms with E-state index in [0.29, 0.717) is 10.6 Å². The predicted octanol–water partition coefficient (Wildman–Crippen LogP) is 4.20. The lowest BCUT2D eigenvalue weighted by atomic mass is 10.1. The zero-order valence-corrected chi connectivity index (χ0v) is 18.2. The van der Waals surface area contributed by atoms with E-state index in [1.165, 1.54) is 23.1 Å². The first-order valence-electron chi connectivity index (χ1n) is 9.22. The largest absolute Gasteiger partial charge is 0.418 e. The molecular weight excluding hydrogens is 473 g/mol. The Hall–Kier alpha value is -2.04. The van der Waals surface area contributed by atoms with Crippen molar-refractivity contribution in [3.05, 3.63) is 64.7 Å². The Bertz CT molecular complexity index is 1170. The van der Waals surface area contributed by atoms with E-state index >= 15 is 0 Å². The molecular formula is C20H16ClF3N2O3S2. The van der Waals surface area contributed by atoms with E-state index in [0.717, 1.165) is 17.8 Å². The molecule has 4 rings (SSSR count). The van der Waals surface area contributed by atoms with Gasteiger partial charge in [0.05, 0.1) is 35.2 Å². The van der Waals surface area contributed by atoms with Crippen molar-refractivity contribution in [2.24, 2.45) is 4.99 Å². The SMILES string of the molecule is O=C(Cc1ccccc1Cl)N=C1S[C@@H]2CS(=O)(=O)C[C@@H]2N1c1ccccc1C(F)(F)F. The summed E-state index contributed by atoms with van der Waals surface area (Å²) in [6.45, 7) is 0. The van der Waals surface area contributed by atoms with Crippen LogP contribution >= 0.6 is 23.4 Å². The van der Waals surface area contributed by atoms with E-state index in [4.69, 9.17) is 11.6 Å². The van der Waals surface area contributed by atoms with Crippen molar-refractivity contribution in [1.82, 2.24) is 0 Å². The van der Waals surface area contributed by atoms with Crippen LogP contribution < -0.4 is 4.90 Å². The first kappa shape index (κ1) is 22.2. The molecule has 164 valence electrons. The first-order chi connectivity index (χ1) is 14.5. The van der Waals surface area contributed by atoms with Crippen LogP contribution in [0, 0.1) is 0 Å². The molecule has 11 heteroatoms. The fourth-order valence-corrected chi connectivity index (χ4v) is 7.85. The van der Waals surface area contributed by atoms with Gasteiger partial charge in [-0.1, -0.05) is 53.7 Å². The predicted molar refractivity (Wildman–Crippen MR) is 115 cm³/mol. The lowest BCUT2D eigenvalue weighted by Gasteiger charge is -2.27. The fraction of sp³-hybridized carbons (Fsp3) is 0.300. The fourth-order valence-electron chi connectivity index (χ4n) is 3.72. The maximum absolute atomic E-state index is 13.6. The smallest absolute Gasteiger partial charge is 0.315 e. The number of carbonyl (C=O) groups excluding carboxylic acids is 1. The molecule has 5 nitrogen and oxygen atoms in total. The Kier molecular flexibility index (Phi) is 5.82. The zero-order valence-electron chi connectivity index (χ0n) is 15.8. The molecule has 2 saturated heterocycles. The standard InChI is InChI=1S/C20H16ClF3N2O3S2/c21-14-7-3-1-5-12(14)9-18(27)25-19-26(16-10-31(28,29)11-17(16)30-19)15-8-4-2-6-13(15)20(22,23)24/h1-8,16-17H,9-11H2/t16-,17+/m0/s1. The minimum atomic E-state index is -4.65. The number of fused-ring (bicyclic) bond motifs is 1. The summed E-state index contributed by atoms with van der Waals surface area (Å²) >= 11 is 7.11. The third-order valence-electron chi connectivity index (χ3n) is 5.06. The number of thioether (sulfide) groups is 1. The number of para-hydroxylation sites is 1. The van der Waals surface area contributed by atoms with Gasteiger partial charge in [0, 0.05) is 10.3 Å². The maximum atomic E-state index is 13.6. The number of amides is 1. The molecule has 0 spiro atoms. The van der Waals surface area contributed by atoms with Crippen LogP contribution in [0.15, 0.2) is 53.5 Å². The molecule has 2 aromatic carbocycles. The van der Waals surface area contributed by atoms with Gasteiger partial charge in [0.1, 0.15) is 0 Å². The van der Waals surface area contributed by atoms with Crippen molar-refractivity contribution >= 4 is 50.0 Å². The number of halogens is 4. The van der Waals surface area contributed by atoms with Crippen LogP contribution in [-0.2, 0) is 27.2 Å². The second kappa shape index (κ2) is 8.14. The Morgan fingerprint density at radius 1 is 1.13 bits per heavy atom. The molecule has 0 radical (unpaired) electrons. The van der Waals surface area contributed by atoms with Crippen LogP contribution in [0.4, 0.5) is 18.9 Å².